The third kappa shape index (κ3) is 3.51. The topological polar surface area (TPSA) is 51.5 Å². The van der Waals surface area contributed by atoms with Crippen LogP contribution >= 0.6 is 11.8 Å². The zero-order chi connectivity index (χ0) is 12.1. The number of amides is 1. The molecule has 1 aliphatic heterocycles. The molecule has 0 aliphatic carbocycles. The number of furan rings is 1. The van der Waals surface area contributed by atoms with Gasteiger partial charge in [-0.3, -0.25) is 4.79 Å². The summed E-state index contributed by atoms with van der Waals surface area (Å²) < 4.78 is 10.7. The molecular weight excluding hydrogens is 238 g/mol. The Labute approximate surface area is 105 Å². The highest BCUT2D eigenvalue weighted by molar-refractivity contribution is 7.97. The maximum atomic E-state index is 11.8. The molecule has 0 aromatic carbocycles. The molecule has 1 saturated heterocycles. The van der Waals surface area contributed by atoms with Gasteiger partial charge in [-0.05, 0) is 24.8 Å². The summed E-state index contributed by atoms with van der Waals surface area (Å²) >= 11 is 1.67. The molecule has 1 N–H and O–H groups in total. The van der Waals surface area contributed by atoms with Crippen molar-refractivity contribution in [2.75, 3.05) is 26.0 Å². The van der Waals surface area contributed by atoms with Gasteiger partial charge in [0.1, 0.15) is 5.76 Å². The van der Waals surface area contributed by atoms with E-state index >= 15 is 0 Å². The molecule has 94 valence electrons. The van der Waals surface area contributed by atoms with Crippen molar-refractivity contribution in [1.82, 2.24) is 5.32 Å². The molecule has 1 aromatic rings. The number of carbonyl (C=O) groups excluding carboxylic acids is 1. The third-order valence-corrected chi connectivity index (χ3v) is 3.32. The molecule has 5 heteroatoms. The highest BCUT2D eigenvalue weighted by Crippen LogP contribution is 2.14. The quantitative estimate of drug-likeness (QED) is 0.873. The van der Waals surface area contributed by atoms with E-state index in [4.69, 9.17) is 9.15 Å². The molecule has 0 unspecified atom stereocenters. The van der Waals surface area contributed by atoms with Crippen molar-refractivity contribution in [3.63, 3.8) is 0 Å². The molecule has 1 amide bonds. The molecule has 1 atom stereocenters. The van der Waals surface area contributed by atoms with Crippen LogP contribution in [0.3, 0.4) is 0 Å². The number of rotatable bonds is 5. The molecule has 2 rings (SSSR count). The van der Waals surface area contributed by atoms with Gasteiger partial charge in [0.15, 0.2) is 5.76 Å². The van der Waals surface area contributed by atoms with Crippen LogP contribution in [-0.4, -0.2) is 31.9 Å². The molecule has 1 aliphatic rings. The third-order valence-electron chi connectivity index (χ3n) is 2.75. The largest absolute Gasteiger partial charge is 0.455 e. The lowest BCUT2D eigenvalue weighted by Gasteiger charge is -2.07. The van der Waals surface area contributed by atoms with E-state index in [1.807, 2.05) is 12.3 Å². The van der Waals surface area contributed by atoms with E-state index in [0.29, 0.717) is 18.2 Å². The second-order valence-corrected chi connectivity index (χ2v) is 5.00. The van der Waals surface area contributed by atoms with E-state index in [2.05, 4.69) is 5.32 Å². The molecule has 2 heterocycles. The molecule has 4 nitrogen and oxygen atoms in total. The Morgan fingerprint density at radius 2 is 2.47 bits per heavy atom. The monoisotopic (exact) mass is 255 g/mol. The fraction of sp³-hybridized carbons (Fsp3) is 0.583. The van der Waals surface area contributed by atoms with Gasteiger partial charge < -0.3 is 14.5 Å². The second-order valence-electron chi connectivity index (χ2n) is 4.14. The van der Waals surface area contributed by atoms with Crippen molar-refractivity contribution in [2.45, 2.75) is 12.2 Å². The normalized spacial score (nSPS) is 19.5. The molecular formula is C12H17NO3S. The molecule has 1 aromatic heterocycles. The van der Waals surface area contributed by atoms with Gasteiger partial charge >= 0.3 is 0 Å². The number of hydrogen-bond acceptors (Lipinski definition) is 4. The van der Waals surface area contributed by atoms with Crippen LogP contribution in [0.25, 0.3) is 0 Å². The first kappa shape index (κ1) is 12.5. The van der Waals surface area contributed by atoms with Crippen LogP contribution in [0, 0.1) is 5.92 Å². The van der Waals surface area contributed by atoms with Crippen molar-refractivity contribution < 1.29 is 13.9 Å². The van der Waals surface area contributed by atoms with Gasteiger partial charge in [0.2, 0.25) is 0 Å². The molecule has 0 bridgehead atoms. The van der Waals surface area contributed by atoms with Crippen LogP contribution < -0.4 is 5.32 Å². The Kier molecular flexibility index (Phi) is 4.50. The van der Waals surface area contributed by atoms with E-state index < -0.39 is 0 Å². The van der Waals surface area contributed by atoms with Crippen LogP contribution in [0.4, 0.5) is 0 Å². The fourth-order valence-electron chi connectivity index (χ4n) is 1.79. The van der Waals surface area contributed by atoms with Crippen LogP contribution in [-0.2, 0) is 10.5 Å². The first-order valence-corrected chi connectivity index (χ1v) is 7.12. The number of carbonyl (C=O) groups is 1. The zero-order valence-electron chi connectivity index (χ0n) is 9.90. The van der Waals surface area contributed by atoms with Gasteiger partial charge in [0.25, 0.3) is 5.91 Å². The van der Waals surface area contributed by atoms with Crippen molar-refractivity contribution in [3.05, 3.63) is 23.7 Å². The Morgan fingerprint density at radius 3 is 3.18 bits per heavy atom. The lowest BCUT2D eigenvalue weighted by atomic mass is 10.1. The summed E-state index contributed by atoms with van der Waals surface area (Å²) in [5.74, 6) is 2.34. The minimum absolute atomic E-state index is 0.135. The smallest absolute Gasteiger partial charge is 0.287 e. The lowest BCUT2D eigenvalue weighted by Crippen LogP contribution is -2.29. The minimum Gasteiger partial charge on any atom is -0.455 e. The van der Waals surface area contributed by atoms with Crippen LogP contribution in [0.2, 0.25) is 0 Å². The Bertz CT molecular complexity index is 372. The summed E-state index contributed by atoms with van der Waals surface area (Å²) in [6.45, 7) is 2.21. The van der Waals surface area contributed by atoms with Gasteiger partial charge in [-0.1, -0.05) is 0 Å². The maximum absolute atomic E-state index is 11.8. The first-order valence-electron chi connectivity index (χ1n) is 5.73. The summed E-state index contributed by atoms with van der Waals surface area (Å²) in [7, 11) is 0. The lowest BCUT2D eigenvalue weighted by molar-refractivity contribution is 0.0916. The highest BCUT2D eigenvalue weighted by atomic mass is 32.2. The van der Waals surface area contributed by atoms with Crippen molar-refractivity contribution in [1.29, 1.82) is 0 Å². The van der Waals surface area contributed by atoms with Gasteiger partial charge in [0.05, 0.1) is 12.4 Å². The fourth-order valence-corrected chi connectivity index (χ4v) is 2.23. The predicted molar refractivity (Wildman–Crippen MR) is 67.2 cm³/mol. The van der Waals surface area contributed by atoms with Crippen molar-refractivity contribution in [3.8, 4) is 0 Å². The van der Waals surface area contributed by atoms with Crippen LogP contribution in [0.15, 0.2) is 16.5 Å². The first-order chi connectivity index (χ1) is 8.29. The minimum atomic E-state index is -0.135. The SMILES string of the molecule is CSCc1ccc(C(=O)NC[C@H]2CCOC2)o1. The van der Waals surface area contributed by atoms with Crippen molar-refractivity contribution >= 4 is 17.7 Å². The number of nitrogens with one attached hydrogen (secondary N) is 1. The molecule has 17 heavy (non-hydrogen) atoms. The molecule has 1 fully saturated rings. The summed E-state index contributed by atoms with van der Waals surface area (Å²) in [5, 5.41) is 2.88. The summed E-state index contributed by atoms with van der Waals surface area (Å²) in [5.41, 5.74) is 0. The number of hydrogen-bond donors (Lipinski definition) is 1. The second kappa shape index (κ2) is 6.12. The highest BCUT2D eigenvalue weighted by Gasteiger charge is 2.18. The van der Waals surface area contributed by atoms with E-state index in [9.17, 15) is 4.79 Å². The molecule has 0 spiro atoms. The average Bonchev–Trinajstić information content (AvgIpc) is 2.97. The summed E-state index contributed by atoms with van der Waals surface area (Å²) in [4.78, 5) is 11.8. The van der Waals surface area contributed by atoms with Gasteiger partial charge in [0, 0.05) is 19.1 Å². The Morgan fingerprint density at radius 1 is 1.59 bits per heavy atom. The average molecular weight is 255 g/mol. The molecule has 0 saturated carbocycles. The van der Waals surface area contributed by atoms with E-state index in [1.54, 1.807) is 17.8 Å². The Balaban J connectivity index is 1.81. The van der Waals surface area contributed by atoms with E-state index in [0.717, 1.165) is 31.1 Å². The van der Waals surface area contributed by atoms with Gasteiger partial charge in [-0.25, -0.2) is 0 Å². The van der Waals surface area contributed by atoms with Gasteiger partial charge in [-0.15, -0.1) is 0 Å². The standard InChI is InChI=1S/C12H17NO3S/c1-17-8-10-2-3-11(16-10)12(14)13-6-9-4-5-15-7-9/h2-3,9H,4-8H2,1H3,(H,13,14)/t9-/m1/s1. The van der Waals surface area contributed by atoms with E-state index in [1.165, 1.54) is 0 Å². The summed E-state index contributed by atoms with van der Waals surface area (Å²) in [6.07, 6.45) is 3.03. The van der Waals surface area contributed by atoms with Crippen LogP contribution in [0.1, 0.15) is 22.7 Å². The number of ether oxygens (including phenoxy) is 1. The molecule has 0 radical (unpaired) electrons. The zero-order valence-corrected chi connectivity index (χ0v) is 10.7. The van der Waals surface area contributed by atoms with Crippen molar-refractivity contribution in [2.24, 2.45) is 5.92 Å². The Hall–Kier alpha value is -0.940. The van der Waals surface area contributed by atoms with Crippen LogP contribution in [0.5, 0.6) is 0 Å². The predicted octanol–water partition coefficient (Wildman–Crippen LogP) is 1.91. The van der Waals surface area contributed by atoms with Gasteiger partial charge in [-0.2, -0.15) is 11.8 Å². The number of thioether (sulfide) groups is 1. The summed E-state index contributed by atoms with van der Waals surface area (Å²) in [6, 6.07) is 3.58. The van der Waals surface area contributed by atoms with E-state index in [-0.39, 0.29) is 5.91 Å². The maximum Gasteiger partial charge on any atom is 0.287 e.